The number of hydrogen-bond acceptors (Lipinski definition) is 2. The van der Waals surface area contributed by atoms with Crippen LogP contribution in [-0.2, 0) is 6.18 Å². The molecular weight excluding hydrogens is 261 g/mol. The summed E-state index contributed by atoms with van der Waals surface area (Å²) < 4.78 is 38.5. The summed E-state index contributed by atoms with van der Waals surface area (Å²) in [6.07, 6.45) is -3.13. The van der Waals surface area contributed by atoms with E-state index in [4.69, 9.17) is 0 Å². The van der Waals surface area contributed by atoms with Crippen LogP contribution in [0.15, 0.2) is 23.1 Å². The number of alkyl halides is 3. The second kappa shape index (κ2) is 6.27. The first-order valence-corrected chi connectivity index (χ1v) is 6.62. The highest BCUT2D eigenvalue weighted by Gasteiger charge is 2.33. The van der Waals surface area contributed by atoms with Gasteiger partial charge in [-0.1, -0.05) is 19.9 Å². The van der Waals surface area contributed by atoms with Crippen molar-refractivity contribution in [3.05, 3.63) is 29.3 Å². The number of benzene rings is 1. The molecule has 0 atom stereocenters. The third-order valence-electron chi connectivity index (χ3n) is 2.40. The fourth-order valence-electron chi connectivity index (χ4n) is 1.37. The van der Waals surface area contributed by atoms with Gasteiger partial charge < -0.3 is 0 Å². The molecule has 0 radical (unpaired) electrons. The molecule has 0 spiro atoms. The first-order chi connectivity index (χ1) is 8.34. The zero-order chi connectivity index (χ0) is 13.8. The largest absolute Gasteiger partial charge is 0.417 e. The maximum atomic E-state index is 12.8. The quantitative estimate of drug-likeness (QED) is 0.575. The summed E-state index contributed by atoms with van der Waals surface area (Å²) in [5.41, 5.74) is -0.670. The lowest BCUT2D eigenvalue weighted by Gasteiger charge is -2.13. The van der Waals surface area contributed by atoms with Gasteiger partial charge in [0.25, 0.3) is 0 Å². The maximum absolute atomic E-state index is 12.8. The topological polar surface area (TPSA) is 17.1 Å². The number of hydrogen-bond donors (Lipinski definition) is 0. The Morgan fingerprint density at radius 3 is 2.50 bits per heavy atom. The molecule has 1 rings (SSSR count). The molecule has 100 valence electrons. The molecule has 1 nitrogen and oxygen atoms in total. The van der Waals surface area contributed by atoms with Crippen molar-refractivity contribution in [3.63, 3.8) is 0 Å². The second-order valence-corrected chi connectivity index (χ2v) is 5.54. The van der Waals surface area contributed by atoms with E-state index in [0.717, 1.165) is 12.5 Å². The van der Waals surface area contributed by atoms with E-state index in [2.05, 4.69) is 0 Å². The van der Waals surface area contributed by atoms with Crippen LogP contribution in [0.4, 0.5) is 13.2 Å². The Hall–Kier alpha value is -0.970. The third kappa shape index (κ3) is 4.37. The lowest BCUT2D eigenvalue weighted by atomic mass is 10.1. The molecule has 0 aliphatic rings. The van der Waals surface area contributed by atoms with Gasteiger partial charge in [-0.25, -0.2) is 0 Å². The van der Waals surface area contributed by atoms with Crippen LogP contribution < -0.4 is 0 Å². The highest BCUT2D eigenvalue weighted by atomic mass is 32.2. The van der Waals surface area contributed by atoms with E-state index in [9.17, 15) is 18.0 Å². The van der Waals surface area contributed by atoms with E-state index in [-0.39, 0.29) is 10.5 Å². The monoisotopic (exact) mass is 276 g/mol. The Bertz CT molecular complexity index is 413. The normalized spacial score (nSPS) is 11.9. The zero-order valence-electron chi connectivity index (χ0n) is 10.3. The van der Waals surface area contributed by atoms with Crippen LogP contribution in [0, 0.1) is 5.92 Å². The summed E-state index contributed by atoms with van der Waals surface area (Å²) >= 11 is 1.19. The zero-order valence-corrected chi connectivity index (χ0v) is 11.1. The summed E-state index contributed by atoms with van der Waals surface area (Å²) in [6.45, 7) is 4.06. The average Bonchev–Trinajstić information content (AvgIpc) is 2.27. The van der Waals surface area contributed by atoms with Crippen LogP contribution >= 0.6 is 11.8 Å². The Morgan fingerprint density at radius 1 is 1.33 bits per heavy atom. The standard InChI is InChI=1S/C13H15F3OS/c1-9(2)5-6-18-12-4-3-10(8-17)7-11(12)13(14,15)16/h3-4,7-9H,5-6H2,1-2H3. The predicted octanol–water partition coefficient (Wildman–Crippen LogP) is 4.66. The van der Waals surface area contributed by atoms with Crippen molar-refractivity contribution in [2.45, 2.75) is 31.3 Å². The number of thioether (sulfide) groups is 1. The molecule has 0 aromatic heterocycles. The highest BCUT2D eigenvalue weighted by Crippen LogP contribution is 2.37. The molecule has 0 saturated carbocycles. The minimum atomic E-state index is -4.42. The number of rotatable bonds is 5. The van der Waals surface area contributed by atoms with E-state index < -0.39 is 11.7 Å². The second-order valence-electron chi connectivity index (χ2n) is 4.40. The van der Waals surface area contributed by atoms with Gasteiger partial charge in [-0.3, -0.25) is 4.79 Å². The van der Waals surface area contributed by atoms with Crippen molar-refractivity contribution in [2.24, 2.45) is 5.92 Å². The Labute approximate surface area is 109 Å². The van der Waals surface area contributed by atoms with Crippen molar-refractivity contribution in [3.8, 4) is 0 Å². The van der Waals surface area contributed by atoms with Crippen LogP contribution in [0.25, 0.3) is 0 Å². The number of carbonyl (C=O) groups is 1. The van der Waals surface area contributed by atoms with Crippen LogP contribution in [0.5, 0.6) is 0 Å². The van der Waals surface area contributed by atoms with E-state index in [1.165, 1.54) is 23.9 Å². The first-order valence-electron chi connectivity index (χ1n) is 5.64. The van der Waals surface area contributed by atoms with Crippen molar-refractivity contribution in [1.29, 1.82) is 0 Å². The van der Waals surface area contributed by atoms with Gasteiger partial charge in [0.1, 0.15) is 6.29 Å². The molecule has 0 aliphatic heterocycles. The summed E-state index contributed by atoms with van der Waals surface area (Å²) in [6, 6.07) is 3.70. The molecule has 0 amide bonds. The number of carbonyl (C=O) groups excluding carboxylic acids is 1. The lowest BCUT2D eigenvalue weighted by molar-refractivity contribution is -0.139. The summed E-state index contributed by atoms with van der Waals surface area (Å²) in [5, 5.41) is 0. The Balaban J connectivity index is 2.92. The first kappa shape index (κ1) is 15.1. The SMILES string of the molecule is CC(C)CCSc1ccc(C=O)cc1C(F)(F)F. The molecule has 0 heterocycles. The molecule has 0 unspecified atom stereocenters. The molecule has 0 aliphatic carbocycles. The van der Waals surface area contributed by atoms with Crippen molar-refractivity contribution >= 4 is 18.0 Å². The number of aldehydes is 1. The van der Waals surface area contributed by atoms with E-state index in [0.29, 0.717) is 18.0 Å². The minimum absolute atomic E-state index is 0.0514. The van der Waals surface area contributed by atoms with Gasteiger partial charge >= 0.3 is 6.18 Å². The summed E-state index contributed by atoms with van der Waals surface area (Å²) in [5.74, 6) is 1.10. The van der Waals surface area contributed by atoms with Gasteiger partial charge in [0, 0.05) is 10.5 Å². The molecule has 0 fully saturated rings. The van der Waals surface area contributed by atoms with Gasteiger partial charge in [0.2, 0.25) is 0 Å². The number of halogens is 3. The maximum Gasteiger partial charge on any atom is 0.417 e. The summed E-state index contributed by atoms with van der Waals surface area (Å²) in [4.78, 5) is 10.7. The van der Waals surface area contributed by atoms with Crippen LogP contribution in [-0.4, -0.2) is 12.0 Å². The van der Waals surface area contributed by atoms with Crippen molar-refractivity contribution < 1.29 is 18.0 Å². The van der Waals surface area contributed by atoms with E-state index >= 15 is 0 Å². The predicted molar refractivity (Wildman–Crippen MR) is 67.0 cm³/mol. The minimum Gasteiger partial charge on any atom is -0.298 e. The molecule has 0 saturated heterocycles. The molecule has 18 heavy (non-hydrogen) atoms. The third-order valence-corrected chi connectivity index (χ3v) is 3.50. The van der Waals surface area contributed by atoms with Crippen LogP contribution in [0.2, 0.25) is 0 Å². The van der Waals surface area contributed by atoms with Gasteiger partial charge in [-0.2, -0.15) is 13.2 Å². The Morgan fingerprint density at radius 2 is 2.00 bits per heavy atom. The van der Waals surface area contributed by atoms with Crippen LogP contribution in [0.1, 0.15) is 36.2 Å². The van der Waals surface area contributed by atoms with Gasteiger partial charge in [-0.05, 0) is 30.2 Å². The highest BCUT2D eigenvalue weighted by molar-refractivity contribution is 7.99. The molecule has 5 heteroatoms. The van der Waals surface area contributed by atoms with E-state index in [1.807, 2.05) is 13.8 Å². The van der Waals surface area contributed by atoms with Gasteiger partial charge in [0.15, 0.2) is 0 Å². The average molecular weight is 276 g/mol. The lowest BCUT2D eigenvalue weighted by Crippen LogP contribution is -2.08. The van der Waals surface area contributed by atoms with Crippen LogP contribution in [0.3, 0.4) is 0 Å². The molecule has 0 N–H and O–H groups in total. The molecule has 0 bridgehead atoms. The summed E-state index contributed by atoms with van der Waals surface area (Å²) in [7, 11) is 0. The van der Waals surface area contributed by atoms with Crippen molar-refractivity contribution in [1.82, 2.24) is 0 Å². The van der Waals surface area contributed by atoms with Gasteiger partial charge in [-0.15, -0.1) is 11.8 Å². The van der Waals surface area contributed by atoms with E-state index in [1.54, 1.807) is 0 Å². The fourth-order valence-corrected chi connectivity index (χ4v) is 2.68. The fraction of sp³-hybridized carbons (Fsp3) is 0.462. The molecule has 1 aromatic rings. The molecular formula is C13H15F3OS. The van der Waals surface area contributed by atoms with Gasteiger partial charge in [0.05, 0.1) is 5.56 Å². The Kier molecular flexibility index (Phi) is 5.26. The van der Waals surface area contributed by atoms with Crippen molar-refractivity contribution in [2.75, 3.05) is 5.75 Å². The molecule has 1 aromatic carbocycles. The smallest absolute Gasteiger partial charge is 0.298 e.